The fourth-order valence-electron chi connectivity index (χ4n) is 0.952. The molecule has 0 bridgehead atoms. The Bertz CT molecular complexity index is 325. The molecule has 2 N–H and O–H groups in total. The fourth-order valence-corrected chi connectivity index (χ4v) is 1.06. The standard InChI is InChI=1S/C9H11FN2S/c1-6-5-7(10)3-4-8(6)12-9(13)11-2/h3-5H,1-2H3,(H2,11,12,13). The van der Waals surface area contributed by atoms with E-state index in [1.54, 1.807) is 13.1 Å². The lowest BCUT2D eigenvalue weighted by Crippen LogP contribution is -2.24. The van der Waals surface area contributed by atoms with Gasteiger partial charge in [0, 0.05) is 12.7 Å². The predicted molar refractivity (Wildman–Crippen MR) is 56.4 cm³/mol. The van der Waals surface area contributed by atoms with Gasteiger partial charge in [-0.3, -0.25) is 0 Å². The minimum atomic E-state index is -0.238. The lowest BCUT2D eigenvalue weighted by atomic mass is 10.2. The molecule has 1 aromatic carbocycles. The molecule has 0 heterocycles. The third-order valence-corrected chi connectivity index (χ3v) is 1.97. The normalized spacial score (nSPS) is 9.46. The van der Waals surface area contributed by atoms with Crippen molar-refractivity contribution in [2.45, 2.75) is 6.92 Å². The molecule has 1 aromatic rings. The van der Waals surface area contributed by atoms with Crippen molar-refractivity contribution in [3.05, 3.63) is 29.6 Å². The van der Waals surface area contributed by atoms with Gasteiger partial charge in [0.1, 0.15) is 5.82 Å². The van der Waals surface area contributed by atoms with Crippen molar-refractivity contribution in [1.29, 1.82) is 0 Å². The van der Waals surface area contributed by atoms with Crippen LogP contribution in [-0.2, 0) is 0 Å². The summed E-state index contributed by atoms with van der Waals surface area (Å²) in [5.41, 5.74) is 1.65. The summed E-state index contributed by atoms with van der Waals surface area (Å²) in [6, 6.07) is 4.52. The molecule has 0 amide bonds. The van der Waals surface area contributed by atoms with Crippen LogP contribution in [0.1, 0.15) is 5.56 Å². The minimum absolute atomic E-state index is 0.238. The monoisotopic (exact) mass is 198 g/mol. The van der Waals surface area contributed by atoms with E-state index in [1.807, 2.05) is 6.92 Å². The first-order chi connectivity index (χ1) is 6.13. The van der Waals surface area contributed by atoms with Gasteiger partial charge < -0.3 is 10.6 Å². The first-order valence-corrected chi connectivity index (χ1v) is 4.29. The molecule has 0 atom stereocenters. The highest BCUT2D eigenvalue weighted by molar-refractivity contribution is 7.80. The molecule has 0 spiro atoms. The highest BCUT2D eigenvalue weighted by atomic mass is 32.1. The van der Waals surface area contributed by atoms with E-state index in [4.69, 9.17) is 12.2 Å². The summed E-state index contributed by atoms with van der Waals surface area (Å²) < 4.78 is 12.7. The van der Waals surface area contributed by atoms with Gasteiger partial charge in [-0.2, -0.15) is 0 Å². The number of benzene rings is 1. The number of aryl methyl sites for hydroxylation is 1. The zero-order valence-corrected chi connectivity index (χ0v) is 8.33. The van der Waals surface area contributed by atoms with E-state index < -0.39 is 0 Å². The highest BCUT2D eigenvalue weighted by Crippen LogP contribution is 2.15. The number of hydrogen-bond acceptors (Lipinski definition) is 1. The number of thiocarbonyl (C=S) groups is 1. The highest BCUT2D eigenvalue weighted by Gasteiger charge is 2.00. The van der Waals surface area contributed by atoms with Crippen molar-refractivity contribution in [2.75, 3.05) is 12.4 Å². The second-order valence-corrected chi connectivity index (χ2v) is 3.07. The molecule has 0 aliphatic carbocycles. The first kappa shape index (κ1) is 9.92. The van der Waals surface area contributed by atoms with E-state index in [0.717, 1.165) is 11.3 Å². The third-order valence-electron chi connectivity index (χ3n) is 1.66. The smallest absolute Gasteiger partial charge is 0.170 e. The van der Waals surface area contributed by atoms with Crippen LogP contribution in [0, 0.1) is 12.7 Å². The Morgan fingerprint density at radius 3 is 2.69 bits per heavy atom. The summed E-state index contributed by atoms with van der Waals surface area (Å²) in [5, 5.41) is 6.25. The van der Waals surface area contributed by atoms with E-state index in [2.05, 4.69) is 10.6 Å². The van der Waals surface area contributed by atoms with Crippen LogP contribution >= 0.6 is 12.2 Å². The Morgan fingerprint density at radius 1 is 1.46 bits per heavy atom. The minimum Gasteiger partial charge on any atom is -0.366 e. The summed E-state index contributed by atoms with van der Waals surface area (Å²) in [6.07, 6.45) is 0. The van der Waals surface area contributed by atoms with E-state index in [1.165, 1.54) is 12.1 Å². The molecule has 70 valence electrons. The van der Waals surface area contributed by atoms with Crippen LogP contribution in [0.3, 0.4) is 0 Å². The molecule has 0 unspecified atom stereocenters. The summed E-state index contributed by atoms with van der Waals surface area (Å²) in [6.45, 7) is 1.82. The molecule has 0 saturated carbocycles. The molecule has 2 nitrogen and oxygen atoms in total. The van der Waals surface area contributed by atoms with Crippen LogP contribution in [0.15, 0.2) is 18.2 Å². The first-order valence-electron chi connectivity index (χ1n) is 3.88. The van der Waals surface area contributed by atoms with Gasteiger partial charge in [0.05, 0.1) is 0 Å². The van der Waals surface area contributed by atoms with Crippen LogP contribution in [0.25, 0.3) is 0 Å². The predicted octanol–water partition coefficient (Wildman–Crippen LogP) is 2.05. The Hall–Kier alpha value is -1.16. The average molecular weight is 198 g/mol. The summed E-state index contributed by atoms with van der Waals surface area (Å²) in [5.74, 6) is -0.238. The van der Waals surface area contributed by atoms with Crippen molar-refractivity contribution in [1.82, 2.24) is 5.32 Å². The van der Waals surface area contributed by atoms with Crippen LogP contribution in [0.4, 0.5) is 10.1 Å². The van der Waals surface area contributed by atoms with E-state index in [0.29, 0.717) is 5.11 Å². The lowest BCUT2D eigenvalue weighted by Gasteiger charge is -2.09. The molecule has 0 aromatic heterocycles. The zero-order valence-electron chi connectivity index (χ0n) is 7.52. The van der Waals surface area contributed by atoms with Gasteiger partial charge in [-0.1, -0.05) is 0 Å². The SMILES string of the molecule is CNC(=S)Nc1ccc(F)cc1C. The Kier molecular flexibility index (Phi) is 3.19. The van der Waals surface area contributed by atoms with Crippen LogP contribution in [0.5, 0.6) is 0 Å². The molecule has 0 radical (unpaired) electrons. The topological polar surface area (TPSA) is 24.1 Å². The second kappa shape index (κ2) is 4.18. The number of hydrogen-bond donors (Lipinski definition) is 2. The van der Waals surface area contributed by atoms with Gasteiger partial charge in [-0.25, -0.2) is 4.39 Å². The van der Waals surface area contributed by atoms with E-state index >= 15 is 0 Å². The van der Waals surface area contributed by atoms with Crippen LogP contribution in [0.2, 0.25) is 0 Å². The lowest BCUT2D eigenvalue weighted by molar-refractivity contribution is 0.627. The van der Waals surface area contributed by atoms with Gasteiger partial charge in [-0.05, 0) is 42.9 Å². The van der Waals surface area contributed by atoms with Gasteiger partial charge in [0.25, 0.3) is 0 Å². The van der Waals surface area contributed by atoms with Gasteiger partial charge in [0.15, 0.2) is 5.11 Å². The van der Waals surface area contributed by atoms with Gasteiger partial charge in [-0.15, -0.1) is 0 Å². The van der Waals surface area contributed by atoms with E-state index in [9.17, 15) is 4.39 Å². The Labute approximate surface area is 82.2 Å². The zero-order chi connectivity index (χ0) is 9.84. The molecular weight excluding hydrogens is 187 g/mol. The van der Waals surface area contributed by atoms with Crippen molar-refractivity contribution in [2.24, 2.45) is 0 Å². The van der Waals surface area contributed by atoms with Gasteiger partial charge in [0.2, 0.25) is 0 Å². The molecule has 0 saturated heterocycles. The molecule has 0 fully saturated rings. The quantitative estimate of drug-likeness (QED) is 0.675. The van der Waals surface area contributed by atoms with Crippen molar-refractivity contribution in [3.63, 3.8) is 0 Å². The van der Waals surface area contributed by atoms with Crippen LogP contribution < -0.4 is 10.6 Å². The third kappa shape index (κ3) is 2.66. The maximum Gasteiger partial charge on any atom is 0.170 e. The maximum atomic E-state index is 12.7. The molecule has 4 heteroatoms. The van der Waals surface area contributed by atoms with Crippen LogP contribution in [-0.4, -0.2) is 12.2 Å². The fraction of sp³-hybridized carbons (Fsp3) is 0.222. The molecule has 0 aliphatic heterocycles. The van der Waals surface area contributed by atoms with Gasteiger partial charge >= 0.3 is 0 Å². The van der Waals surface area contributed by atoms with Crippen molar-refractivity contribution in [3.8, 4) is 0 Å². The number of anilines is 1. The Morgan fingerprint density at radius 2 is 2.15 bits per heavy atom. The molecule has 13 heavy (non-hydrogen) atoms. The number of halogens is 1. The maximum absolute atomic E-state index is 12.7. The van der Waals surface area contributed by atoms with Crippen molar-refractivity contribution >= 4 is 23.0 Å². The molecule has 1 rings (SSSR count). The second-order valence-electron chi connectivity index (χ2n) is 2.66. The Balaban J connectivity index is 2.83. The summed E-state index contributed by atoms with van der Waals surface area (Å²) in [4.78, 5) is 0. The molecular formula is C9H11FN2S. The molecule has 0 aliphatic rings. The summed E-state index contributed by atoms with van der Waals surface area (Å²) >= 11 is 4.91. The average Bonchev–Trinajstić information content (AvgIpc) is 2.09. The largest absolute Gasteiger partial charge is 0.366 e. The van der Waals surface area contributed by atoms with E-state index in [-0.39, 0.29) is 5.82 Å². The summed E-state index contributed by atoms with van der Waals surface area (Å²) in [7, 11) is 1.73. The number of rotatable bonds is 1. The number of nitrogens with one attached hydrogen (secondary N) is 2. The van der Waals surface area contributed by atoms with Crippen molar-refractivity contribution < 1.29 is 4.39 Å².